The number of rotatable bonds is 2. The van der Waals surface area contributed by atoms with Gasteiger partial charge >= 0.3 is 0 Å². The Balaban J connectivity index is 3.08. The monoisotopic (exact) mass is 290 g/mol. The van der Waals surface area contributed by atoms with Crippen molar-refractivity contribution in [3.63, 3.8) is 0 Å². The SMILES string of the molecule is N#CC(C#N)=CNc1cc(F)c(C#N)cc1Br. The van der Waals surface area contributed by atoms with Gasteiger partial charge in [0.25, 0.3) is 0 Å². The van der Waals surface area contributed by atoms with Gasteiger partial charge in [-0.1, -0.05) is 0 Å². The van der Waals surface area contributed by atoms with Crippen LogP contribution in [-0.2, 0) is 0 Å². The summed E-state index contributed by atoms with van der Waals surface area (Å²) in [6.45, 7) is 0. The second kappa shape index (κ2) is 5.65. The molecule has 0 atom stereocenters. The summed E-state index contributed by atoms with van der Waals surface area (Å²) in [5, 5.41) is 28.2. The van der Waals surface area contributed by atoms with Crippen LogP contribution in [-0.4, -0.2) is 0 Å². The Labute approximate surface area is 105 Å². The number of hydrogen-bond donors (Lipinski definition) is 1. The van der Waals surface area contributed by atoms with Crippen molar-refractivity contribution in [3.8, 4) is 18.2 Å². The number of halogens is 2. The molecule has 0 aliphatic heterocycles. The van der Waals surface area contributed by atoms with Crippen LogP contribution in [0.4, 0.5) is 10.1 Å². The third kappa shape index (κ3) is 3.04. The fraction of sp³-hybridized carbons (Fsp3) is 0. The fourth-order valence-electron chi connectivity index (χ4n) is 0.983. The molecule has 0 bridgehead atoms. The molecule has 0 aromatic heterocycles. The van der Waals surface area contributed by atoms with Crippen LogP contribution in [0.5, 0.6) is 0 Å². The predicted molar refractivity (Wildman–Crippen MR) is 61.7 cm³/mol. The molecule has 0 saturated carbocycles. The van der Waals surface area contributed by atoms with E-state index < -0.39 is 5.82 Å². The summed E-state index contributed by atoms with van der Waals surface area (Å²) in [5.41, 5.74) is 0.0957. The summed E-state index contributed by atoms with van der Waals surface area (Å²) in [6.07, 6.45) is 1.16. The molecule has 0 fully saturated rings. The van der Waals surface area contributed by atoms with Crippen molar-refractivity contribution in [1.82, 2.24) is 0 Å². The molecule has 4 nitrogen and oxygen atoms in total. The molecule has 0 amide bonds. The molecule has 0 aliphatic rings. The molecule has 6 heteroatoms. The van der Waals surface area contributed by atoms with E-state index >= 15 is 0 Å². The van der Waals surface area contributed by atoms with E-state index in [4.69, 9.17) is 15.8 Å². The fourth-order valence-corrected chi connectivity index (χ4v) is 1.44. The van der Waals surface area contributed by atoms with Gasteiger partial charge in [-0.15, -0.1) is 0 Å². The average molecular weight is 291 g/mol. The van der Waals surface area contributed by atoms with Gasteiger partial charge in [0.05, 0.1) is 11.3 Å². The van der Waals surface area contributed by atoms with Gasteiger partial charge in [-0.3, -0.25) is 0 Å². The van der Waals surface area contributed by atoms with Gasteiger partial charge in [-0.25, -0.2) is 4.39 Å². The molecule has 1 aromatic carbocycles. The van der Waals surface area contributed by atoms with Crippen molar-refractivity contribution >= 4 is 21.6 Å². The maximum Gasteiger partial charge on any atom is 0.145 e. The first-order chi connectivity index (χ1) is 8.12. The van der Waals surface area contributed by atoms with Gasteiger partial charge in [-0.05, 0) is 28.1 Å². The third-order valence-electron chi connectivity index (χ3n) is 1.79. The standard InChI is InChI=1S/C11H4BrFN4/c12-9-1-8(5-16)10(13)2-11(9)17-6-7(3-14)4-15/h1-2,6,17H. The number of nitrogens with zero attached hydrogens (tertiary/aromatic N) is 3. The normalized spacial score (nSPS) is 8.41. The Kier molecular flexibility index (Phi) is 4.22. The Bertz CT molecular complexity index is 586. The van der Waals surface area contributed by atoms with Crippen LogP contribution in [0.1, 0.15) is 5.56 Å². The highest BCUT2D eigenvalue weighted by molar-refractivity contribution is 9.10. The van der Waals surface area contributed by atoms with Gasteiger partial charge in [0.2, 0.25) is 0 Å². The van der Waals surface area contributed by atoms with E-state index in [1.54, 1.807) is 18.2 Å². The molecule has 0 radical (unpaired) electrons. The molecule has 0 aliphatic carbocycles. The van der Waals surface area contributed by atoms with E-state index in [2.05, 4.69) is 21.2 Å². The van der Waals surface area contributed by atoms with Gasteiger partial charge in [0, 0.05) is 10.7 Å². The molecule has 82 valence electrons. The number of benzene rings is 1. The molecular formula is C11H4BrFN4. The lowest BCUT2D eigenvalue weighted by atomic mass is 10.2. The van der Waals surface area contributed by atoms with Crippen LogP contribution >= 0.6 is 15.9 Å². The number of nitrogens with one attached hydrogen (secondary N) is 1. The second-order valence-corrected chi connectivity index (χ2v) is 3.70. The largest absolute Gasteiger partial charge is 0.359 e. The van der Waals surface area contributed by atoms with E-state index in [0.29, 0.717) is 10.2 Å². The zero-order valence-electron chi connectivity index (χ0n) is 8.33. The Morgan fingerprint density at radius 1 is 1.29 bits per heavy atom. The summed E-state index contributed by atoms with van der Waals surface area (Å²) in [6, 6.07) is 7.42. The zero-order valence-corrected chi connectivity index (χ0v) is 9.92. The second-order valence-electron chi connectivity index (χ2n) is 2.85. The lowest BCUT2D eigenvalue weighted by molar-refractivity contribution is 0.624. The molecule has 0 heterocycles. The van der Waals surface area contributed by atoms with E-state index in [9.17, 15) is 4.39 Å². The Morgan fingerprint density at radius 2 is 1.94 bits per heavy atom. The first-order valence-corrected chi connectivity index (χ1v) is 5.07. The van der Waals surface area contributed by atoms with E-state index in [0.717, 1.165) is 12.3 Å². The number of nitriles is 3. The van der Waals surface area contributed by atoms with Crippen LogP contribution in [0.2, 0.25) is 0 Å². The maximum absolute atomic E-state index is 13.3. The van der Waals surface area contributed by atoms with Crippen LogP contribution in [0.3, 0.4) is 0 Å². The lowest BCUT2D eigenvalue weighted by Crippen LogP contribution is -1.94. The molecule has 1 N–H and O–H groups in total. The molecule has 1 aromatic rings. The summed E-state index contributed by atoms with van der Waals surface area (Å²) in [7, 11) is 0. The molecule has 17 heavy (non-hydrogen) atoms. The van der Waals surface area contributed by atoms with Crippen LogP contribution in [0, 0.1) is 39.8 Å². The predicted octanol–water partition coefficient (Wildman–Crippen LogP) is 2.80. The highest BCUT2D eigenvalue weighted by Crippen LogP contribution is 2.25. The van der Waals surface area contributed by atoms with E-state index in [1.165, 1.54) is 6.07 Å². The highest BCUT2D eigenvalue weighted by atomic mass is 79.9. The van der Waals surface area contributed by atoms with Gasteiger partial charge in [0.15, 0.2) is 0 Å². The van der Waals surface area contributed by atoms with Crippen molar-refractivity contribution in [2.75, 3.05) is 5.32 Å². The van der Waals surface area contributed by atoms with Crippen LogP contribution in [0.25, 0.3) is 0 Å². The van der Waals surface area contributed by atoms with E-state index in [-0.39, 0.29) is 11.1 Å². The topological polar surface area (TPSA) is 83.4 Å². The maximum atomic E-state index is 13.3. The number of allylic oxidation sites excluding steroid dienone is 1. The van der Waals surface area contributed by atoms with Crippen LogP contribution in [0.15, 0.2) is 28.4 Å². The van der Waals surface area contributed by atoms with E-state index in [1.807, 2.05) is 0 Å². The number of hydrogen-bond acceptors (Lipinski definition) is 4. The highest BCUT2D eigenvalue weighted by Gasteiger charge is 2.07. The first kappa shape index (κ1) is 12.7. The van der Waals surface area contributed by atoms with Crippen molar-refractivity contribution in [3.05, 3.63) is 39.8 Å². The summed E-state index contributed by atoms with van der Waals surface area (Å²) in [5.74, 6) is -0.679. The third-order valence-corrected chi connectivity index (χ3v) is 2.45. The van der Waals surface area contributed by atoms with Crippen molar-refractivity contribution < 1.29 is 4.39 Å². The van der Waals surface area contributed by atoms with Crippen molar-refractivity contribution in [2.45, 2.75) is 0 Å². The Morgan fingerprint density at radius 3 is 2.47 bits per heavy atom. The van der Waals surface area contributed by atoms with Crippen molar-refractivity contribution in [1.29, 1.82) is 15.8 Å². The molecular weight excluding hydrogens is 287 g/mol. The number of anilines is 1. The van der Waals surface area contributed by atoms with Crippen LogP contribution < -0.4 is 5.32 Å². The minimum atomic E-state index is -0.679. The molecule has 0 saturated heterocycles. The van der Waals surface area contributed by atoms with Gasteiger partial charge in [0.1, 0.15) is 29.6 Å². The quantitative estimate of drug-likeness (QED) is 0.849. The summed E-state index contributed by atoms with van der Waals surface area (Å²) < 4.78 is 13.7. The van der Waals surface area contributed by atoms with Crippen molar-refractivity contribution in [2.24, 2.45) is 0 Å². The molecule has 0 unspecified atom stereocenters. The minimum absolute atomic E-state index is 0.0906. The molecule has 0 spiro atoms. The van der Waals surface area contributed by atoms with Gasteiger partial charge in [-0.2, -0.15) is 15.8 Å². The summed E-state index contributed by atoms with van der Waals surface area (Å²) >= 11 is 3.14. The molecule has 1 rings (SSSR count). The minimum Gasteiger partial charge on any atom is -0.359 e. The first-order valence-electron chi connectivity index (χ1n) is 4.28. The van der Waals surface area contributed by atoms with Gasteiger partial charge < -0.3 is 5.32 Å². The Hall–Kier alpha value is -2.36. The average Bonchev–Trinajstić information content (AvgIpc) is 2.34. The zero-order chi connectivity index (χ0) is 12.8. The smallest absolute Gasteiger partial charge is 0.145 e. The summed E-state index contributed by atoms with van der Waals surface area (Å²) in [4.78, 5) is 0. The lowest BCUT2D eigenvalue weighted by Gasteiger charge is -2.05.